The van der Waals surface area contributed by atoms with Crippen molar-refractivity contribution in [1.82, 2.24) is 19.7 Å². The van der Waals surface area contributed by atoms with E-state index in [2.05, 4.69) is 10.2 Å². The minimum atomic E-state index is -0.149. The van der Waals surface area contributed by atoms with E-state index in [9.17, 15) is 9.90 Å². The van der Waals surface area contributed by atoms with Gasteiger partial charge in [-0.2, -0.15) is 0 Å². The minimum Gasteiger partial charge on any atom is -0.506 e. The van der Waals surface area contributed by atoms with Crippen LogP contribution in [0.2, 0.25) is 0 Å². The van der Waals surface area contributed by atoms with E-state index in [1.807, 2.05) is 4.57 Å². The first-order valence-corrected chi connectivity index (χ1v) is 5.89. The smallest absolute Gasteiger partial charge is 0.254 e. The molecule has 7 heteroatoms. The molecular weight excluding hydrogens is 246 g/mol. The molecule has 1 aliphatic rings. The van der Waals surface area contributed by atoms with Crippen LogP contribution in [0.4, 0.5) is 5.69 Å². The summed E-state index contributed by atoms with van der Waals surface area (Å²) in [6.45, 7) is 1.69. The molecule has 2 heterocycles. The van der Waals surface area contributed by atoms with Gasteiger partial charge in [0.05, 0.1) is 12.2 Å². The number of fused-ring (bicyclic) bond motifs is 1. The molecule has 0 spiro atoms. The molecule has 0 saturated heterocycles. The lowest BCUT2D eigenvalue weighted by atomic mass is 10.1. The van der Waals surface area contributed by atoms with Crippen LogP contribution in [0.5, 0.6) is 5.75 Å². The molecule has 19 heavy (non-hydrogen) atoms. The van der Waals surface area contributed by atoms with Crippen LogP contribution in [0.15, 0.2) is 24.5 Å². The fourth-order valence-corrected chi connectivity index (χ4v) is 2.10. The molecule has 1 aromatic heterocycles. The summed E-state index contributed by atoms with van der Waals surface area (Å²) in [5, 5.41) is 17.3. The number of nitrogens with two attached hydrogens (primary N) is 1. The fraction of sp³-hybridized carbons (Fsp3) is 0.250. The molecule has 98 valence electrons. The van der Waals surface area contributed by atoms with Gasteiger partial charge in [-0.25, -0.2) is 0 Å². The summed E-state index contributed by atoms with van der Waals surface area (Å²) >= 11 is 0. The molecule has 1 aromatic carbocycles. The maximum Gasteiger partial charge on any atom is 0.254 e. The van der Waals surface area contributed by atoms with E-state index in [0.29, 0.717) is 25.2 Å². The molecule has 0 bridgehead atoms. The zero-order valence-corrected chi connectivity index (χ0v) is 10.2. The van der Waals surface area contributed by atoms with E-state index in [-0.39, 0.29) is 17.3 Å². The van der Waals surface area contributed by atoms with Gasteiger partial charge in [-0.05, 0) is 18.2 Å². The van der Waals surface area contributed by atoms with Crippen molar-refractivity contribution in [3.05, 3.63) is 35.9 Å². The number of carbonyl (C=O) groups excluding carboxylic acids is 1. The topological polar surface area (TPSA) is 97.3 Å². The van der Waals surface area contributed by atoms with Gasteiger partial charge in [-0.15, -0.1) is 10.2 Å². The van der Waals surface area contributed by atoms with Crippen molar-refractivity contribution >= 4 is 11.6 Å². The first kappa shape index (κ1) is 11.5. The Morgan fingerprint density at radius 3 is 3.00 bits per heavy atom. The number of hydrogen-bond donors (Lipinski definition) is 2. The highest BCUT2D eigenvalue weighted by atomic mass is 16.3. The number of aromatic nitrogens is 3. The third kappa shape index (κ3) is 1.99. The summed E-state index contributed by atoms with van der Waals surface area (Å²) in [5.74, 6) is 0.537. The Kier molecular flexibility index (Phi) is 2.59. The Balaban J connectivity index is 1.83. The summed E-state index contributed by atoms with van der Waals surface area (Å²) in [6, 6.07) is 4.52. The summed E-state index contributed by atoms with van der Waals surface area (Å²) in [5.41, 5.74) is 6.20. The number of rotatable bonds is 1. The van der Waals surface area contributed by atoms with Crippen LogP contribution in [0.1, 0.15) is 16.2 Å². The van der Waals surface area contributed by atoms with Crippen molar-refractivity contribution < 1.29 is 9.90 Å². The molecule has 1 aliphatic heterocycles. The van der Waals surface area contributed by atoms with E-state index in [1.165, 1.54) is 12.1 Å². The van der Waals surface area contributed by atoms with Crippen LogP contribution in [0.3, 0.4) is 0 Å². The number of amides is 1. The number of carbonyl (C=O) groups is 1. The summed E-state index contributed by atoms with van der Waals surface area (Å²) in [7, 11) is 0. The van der Waals surface area contributed by atoms with Crippen molar-refractivity contribution in [2.24, 2.45) is 0 Å². The van der Waals surface area contributed by atoms with Gasteiger partial charge in [0.2, 0.25) is 0 Å². The van der Waals surface area contributed by atoms with Crippen LogP contribution in [-0.4, -0.2) is 37.2 Å². The molecule has 0 unspecified atom stereocenters. The standard InChI is InChI=1S/C12H13N5O2/c13-9-2-1-8(5-10(9)18)12(19)16-3-4-17-7-14-15-11(17)6-16/h1-2,5,7,18H,3-4,6,13H2. The molecule has 3 N–H and O–H groups in total. The maximum atomic E-state index is 12.3. The van der Waals surface area contributed by atoms with Crippen molar-refractivity contribution in [2.75, 3.05) is 12.3 Å². The molecule has 7 nitrogen and oxygen atoms in total. The molecule has 2 aromatic rings. The van der Waals surface area contributed by atoms with Crippen molar-refractivity contribution in [1.29, 1.82) is 0 Å². The molecular formula is C12H13N5O2. The SMILES string of the molecule is Nc1ccc(C(=O)N2CCn3cnnc3C2)cc1O. The largest absolute Gasteiger partial charge is 0.506 e. The van der Waals surface area contributed by atoms with Gasteiger partial charge in [0.15, 0.2) is 5.82 Å². The zero-order valence-electron chi connectivity index (χ0n) is 10.2. The Bertz CT molecular complexity index is 637. The first-order chi connectivity index (χ1) is 9.15. The Labute approximate surface area is 109 Å². The van der Waals surface area contributed by atoms with Gasteiger partial charge < -0.3 is 20.3 Å². The lowest BCUT2D eigenvalue weighted by molar-refractivity contribution is 0.0707. The lowest BCUT2D eigenvalue weighted by Crippen LogP contribution is -2.38. The van der Waals surface area contributed by atoms with Gasteiger partial charge in [0, 0.05) is 18.7 Å². The first-order valence-electron chi connectivity index (χ1n) is 5.89. The van der Waals surface area contributed by atoms with Crippen molar-refractivity contribution in [3.8, 4) is 5.75 Å². The van der Waals surface area contributed by atoms with Crippen molar-refractivity contribution in [3.63, 3.8) is 0 Å². The van der Waals surface area contributed by atoms with Gasteiger partial charge in [0.1, 0.15) is 12.1 Å². The predicted octanol–water partition coefficient (Wildman–Crippen LogP) is 0.222. The number of hydrogen-bond acceptors (Lipinski definition) is 5. The number of benzene rings is 1. The second-order valence-electron chi connectivity index (χ2n) is 4.44. The number of anilines is 1. The second kappa shape index (κ2) is 4.27. The summed E-state index contributed by atoms with van der Waals surface area (Å²) < 4.78 is 1.92. The fourth-order valence-electron chi connectivity index (χ4n) is 2.10. The van der Waals surface area contributed by atoms with Crippen LogP contribution < -0.4 is 5.73 Å². The number of phenolic OH excluding ortho intramolecular Hbond substituents is 1. The molecule has 0 fully saturated rings. The Hall–Kier alpha value is -2.57. The molecule has 0 saturated carbocycles. The van der Waals surface area contributed by atoms with E-state index < -0.39 is 0 Å². The Morgan fingerprint density at radius 2 is 2.21 bits per heavy atom. The van der Waals surface area contributed by atoms with Crippen molar-refractivity contribution in [2.45, 2.75) is 13.1 Å². The number of aromatic hydroxyl groups is 1. The monoisotopic (exact) mass is 259 g/mol. The molecule has 3 rings (SSSR count). The van der Waals surface area contributed by atoms with Crippen LogP contribution in [0, 0.1) is 0 Å². The second-order valence-corrected chi connectivity index (χ2v) is 4.44. The average Bonchev–Trinajstić information content (AvgIpc) is 2.88. The van der Waals surface area contributed by atoms with E-state index in [0.717, 1.165) is 5.82 Å². The highest BCUT2D eigenvalue weighted by molar-refractivity contribution is 5.95. The van der Waals surface area contributed by atoms with Gasteiger partial charge in [-0.3, -0.25) is 4.79 Å². The van der Waals surface area contributed by atoms with E-state index in [4.69, 9.17) is 5.73 Å². The number of nitrogen functional groups attached to an aromatic ring is 1. The predicted molar refractivity (Wildman–Crippen MR) is 67.3 cm³/mol. The highest BCUT2D eigenvalue weighted by Crippen LogP contribution is 2.22. The lowest BCUT2D eigenvalue weighted by Gasteiger charge is -2.27. The van der Waals surface area contributed by atoms with Crippen LogP contribution in [-0.2, 0) is 13.1 Å². The molecule has 0 radical (unpaired) electrons. The van der Waals surface area contributed by atoms with Gasteiger partial charge >= 0.3 is 0 Å². The maximum absolute atomic E-state index is 12.3. The minimum absolute atomic E-state index is 0.0778. The van der Waals surface area contributed by atoms with Crippen LogP contribution >= 0.6 is 0 Å². The average molecular weight is 259 g/mol. The molecule has 0 atom stereocenters. The van der Waals surface area contributed by atoms with E-state index >= 15 is 0 Å². The van der Waals surface area contributed by atoms with Gasteiger partial charge in [0.25, 0.3) is 5.91 Å². The third-order valence-corrected chi connectivity index (χ3v) is 3.20. The molecule has 1 amide bonds. The number of phenols is 1. The number of nitrogens with zero attached hydrogens (tertiary/aromatic N) is 4. The normalized spacial score (nSPS) is 14.2. The quantitative estimate of drug-likeness (QED) is 0.564. The highest BCUT2D eigenvalue weighted by Gasteiger charge is 2.23. The summed E-state index contributed by atoms with van der Waals surface area (Å²) in [4.78, 5) is 14.0. The third-order valence-electron chi connectivity index (χ3n) is 3.20. The van der Waals surface area contributed by atoms with Crippen LogP contribution in [0.25, 0.3) is 0 Å². The zero-order chi connectivity index (χ0) is 13.4. The Morgan fingerprint density at radius 1 is 1.37 bits per heavy atom. The molecule has 0 aliphatic carbocycles. The summed E-state index contributed by atoms with van der Waals surface area (Å²) in [6.07, 6.45) is 1.66. The van der Waals surface area contributed by atoms with E-state index in [1.54, 1.807) is 17.3 Å². The van der Waals surface area contributed by atoms with Gasteiger partial charge in [-0.1, -0.05) is 0 Å².